The topological polar surface area (TPSA) is 69.3 Å². The SMILES string of the molecule is CN1CCC[C@H]1COc1nc(N2CC3CCC(C2)N3)c2cc(F)c(-c3c[nH]c4ccc(Cl)cc34)c(F)c2n1. The molecule has 3 saturated heterocycles. The van der Waals surface area contributed by atoms with Gasteiger partial charge in [-0.2, -0.15) is 9.97 Å². The van der Waals surface area contributed by atoms with Gasteiger partial charge >= 0.3 is 6.01 Å². The van der Waals surface area contributed by atoms with Gasteiger partial charge in [0.1, 0.15) is 23.8 Å². The fourth-order valence-corrected chi connectivity index (χ4v) is 6.51. The van der Waals surface area contributed by atoms with Crippen LogP contribution in [0.15, 0.2) is 30.5 Å². The van der Waals surface area contributed by atoms with E-state index in [2.05, 4.69) is 32.1 Å². The van der Waals surface area contributed by atoms with Crippen LogP contribution in [0.1, 0.15) is 25.7 Å². The number of fused-ring (bicyclic) bond motifs is 4. The summed E-state index contributed by atoms with van der Waals surface area (Å²) in [4.78, 5) is 16.7. The quantitative estimate of drug-likeness (QED) is 0.367. The summed E-state index contributed by atoms with van der Waals surface area (Å²) >= 11 is 6.21. The van der Waals surface area contributed by atoms with E-state index < -0.39 is 11.6 Å². The number of likely N-dealkylation sites (tertiary alicyclic amines) is 1. The van der Waals surface area contributed by atoms with Gasteiger partial charge in [0, 0.05) is 64.3 Å². The summed E-state index contributed by atoms with van der Waals surface area (Å²) in [7, 11) is 2.08. The molecule has 2 N–H and O–H groups in total. The van der Waals surface area contributed by atoms with Gasteiger partial charge in [0.05, 0.1) is 5.56 Å². The van der Waals surface area contributed by atoms with E-state index in [1.54, 1.807) is 24.4 Å². The lowest BCUT2D eigenvalue weighted by atomic mass is 10.0. The van der Waals surface area contributed by atoms with Crippen molar-refractivity contribution in [3.63, 3.8) is 0 Å². The molecule has 0 aliphatic carbocycles. The Hall–Kier alpha value is -3.01. The zero-order valence-corrected chi connectivity index (χ0v) is 21.9. The molecule has 198 valence electrons. The lowest BCUT2D eigenvalue weighted by Gasteiger charge is -2.34. The molecule has 2 unspecified atom stereocenters. The van der Waals surface area contributed by atoms with Crippen LogP contribution in [0.5, 0.6) is 6.01 Å². The molecule has 3 atom stereocenters. The van der Waals surface area contributed by atoms with Gasteiger partial charge in [-0.1, -0.05) is 11.6 Å². The van der Waals surface area contributed by atoms with Crippen LogP contribution in [0, 0.1) is 11.6 Å². The Bertz CT molecular complexity index is 1530. The predicted octanol–water partition coefficient (Wildman–Crippen LogP) is 5.12. The third-order valence-corrected chi connectivity index (χ3v) is 8.58. The summed E-state index contributed by atoms with van der Waals surface area (Å²) in [6.07, 6.45) is 5.92. The number of nitrogens with one attached hydrogen (secondary N) is 2. The number of halogens is 3. The molecule has 7 rings (SSSR count). The lowest BCUT2D eigenvalue weighted by molar-refractivity contribution is 0.188. The van der Waals surface area contributed by atoms with Gasteiger partial charge in [-0.05, 0) is 63.5 Å². The molecule has 2 bridgehead atoms. The van der Waals surface area contributed by atoms with Crippen molar-refractivity contribution in [3.05, 3.63) is 47.1 Å². The van der Waals surface area contributed by atoms with Gasteiger partial charge in [-0.25, -0.2) is 8.78 Å². The Morgan fingerprint density at radius 1 is 1.08 bits per heavy atom. The van der Waals surface area contributed by atoms with Crippen molar-refractivity contribution in [2.75, 3.05) is 38.2 Å². The average molecular weight is 539 g/mol. The largest absolute Gasteiger partial charge is 0.462 e. The number of piperazine rings is 1. The van der Waals surface area contributed by atoms with Crippen LogP contribution in [-0.2, 0) is 0 Å². The third-order valence-electron chi connectivity index (χ3n) is 8.35. The van der Waals surface area contributed by atoms with Gasteiger partial charge in [0.15, 0.2) is 5.82 Å². The molecule has 0 saturated carbocycles. The van der Waals surface area contributed by atoms with E-state index in [1.165, 1.54) is 6.07 Å². The number of hydrogen-bond acceptors (Lipinski definition) is 6. The van der Waals surface area contributed by atoms with Crippen molar-refractivity contribution in [1.82, 2.24) is 25.2 Å². The van der Waals surface area contributed by atoms with Crippen molar-refractivity contribution in [3.8, 4) is 17.1 Å². The molecule has 38 heavy (non-hydrogen) atoms. The molecule has 5 heterocycles. The van der Waals surface area contributed by atoms with Gasteiger partial charge in [-0.15, -0.1) is 0 Å². The van der Waals surface area contributed by atoms with Crippen LogP contribution < -0.4 is 15.0 Å². The number of aromatic amines is 1. The molecule has 7 nitrogen and oxygen atoms in total. The predicted molar refractivity (Wildman–Crippen MR) is 145 cm³/mol. The molecule has 10 heteroatoms. The number of likely N-dealkylation sites (N-methyl/N-ethyl adjacent to an activating group) is 1. The minimum Gasteiger partial charge on any atom is -0.462 e. The first-order valence-electron chi connectivity index (χ1n) is 13.3. The number of benzene rings is 2. The summed E-state index contributed by atoms with van der Waals surface area (Å²) in [6, 6.07) is 7.66. The van der Waals surface area contributed by atoms with Gasteiger partial charge in [-0.3, -0.25) is 0 Å². The number of rotatable bonds is 5. The van der Waals surface area contributed by atoms with E-state index in [0.29, 0.717) is 45.9 Å². The molecule has 2 aromatic carbocycles. The highest BCUT2D eigenvalue weighted by Crippen LogP contribution is 2.39. The molecule has 4 aromatic rings. The average Bonchev–Trinajstić information content (AvgIpc) is 3.60. The Morgan fingerprint density at radius 3 is 2.66 bits per heavy atom. The van der Waals surface area contributed by atoms with Crippen LogP contribution in [0.25, 0.3) is 32.9 Å². The maximum Gasteiger partial charge on any atom is 0.319 e. The van der Waals surface area contributed by atoms with Crippen LogP contribution in [0.4, 0.5) is 14.6 Å². The van der Waals surface area contributed by atoms with Crippen LogP contribution in [0.3, 0.4) is 0 Å². The fraction of sp³-hybridized carbons (Fsp3) is 0.429. The van der Waals surface area contributed by atoms with E-state index in [9.17, 15) is 0 Å². The number of ether oxygens (including phenoxy) is 1. The fourth-order valence-electron chi connectivity index (χ4n) is 6.34. The maximum absolute atomic E-state index is 16.3. The first kappa shape index (κ1) is 24.1. The number of anilines is 1. The van der Waals surface area contributed by atoms with E-state index in [4.69, 9.17) is 21.3 Å². The number of hydrogen-bond donors (Lipinski definition) is 2. The minimum absolute atomic E-state index is 0.0587. The molecular formula is C28H29ClF2N6O. The van der Waals surface area contributed by atoms with E-state index in [-0.39, 0.29) is 23.1 Å². The number of H-pyrrole nitrogens is 1. The maximum atomic E-state index is 16.3. The number of aromatic nitrogens is 3. The van der Waals surface area contributed by atoms with E-state index in [0.717, 1.165) is 50.8 Å². The molecule has 3 aliphatic heterocycles. The van der Waals surface area contributed by atoms with Crippen molar-refractivity contribution in [2.45, 2.75) is 43.8 Å². The highest BCUT2D eigenvalue weighted by atomic mass is 35.5. The summed E-state index contributed by atoms with van der Waals surface area (Å²) < 4.78 is 38.2. The Kier molecular flexibility index (Phi) is 5.90. The minimum atomic E-state index is -0.731. The van der Waals surface area contributed by atoms with Crippen molar-refractivity contribution in [2.24, 2.45) is 0 Å². The Labute approximate surface area is 224 Å². The number of nitrogens with zero attached hydrogens (tertiary/aromatic N) is 4. The second-order valence-electron chi connectivity index (χ2n) is 10.8. The molecule has 3 aliphatic rings. The first-order chi connectivity index (χ1) is 18.4. The first-order valence-corrected chi connectivity index (χ1v) is 13.6. The monoisotopic (exact) mass is 538 g/mol. The standard InChI is InChI=1S/C28H29ClF2N6O/c1-36-8-2-3-18(36)14-38-28-34-26-20(27(35-28)37-12-16-5-6-17(13-37)33-16)10-22(30)24(25(26)31)21-11-32-23-7-4-15(29)9-19(21)23/h4,7,9-11,16-18,32-33H,2-3,5-6,8,12-14H2,1H3/t16?,17?,18-/m0/s1. The van der Waals surface area contributed by atoms with Crippen LogP contribution in [0.2, 0.25) is 5.02 Å². The molecular weight excluding hydrogens is 510 g/mol. The summed E-state index contributed by atoms with van der Waals surface area (Å²) in [5, 5.41) is 5.10. The third kappa shape index (κ3) is 4.08. The molecule has 0 radical (unpaired) electrons. The van der Waals surface area contributed by atoms with Crippen molar-refractivity contribution < 1.29 is 13.5 Å². The van der Waals surface area contributed by atoms with E-state index >= 15 is 8.78 Å². The Balaban J connectivity index is 1.37. The molecule has 0 spiro atoms. The zero-order valence-electron chi connectivity index (χ0n) is 21.1. The lowest BCUT2D eigenvalue weighted by Crippen LogP contribution is -2.51. The highest BCUT2D eigenvalue weighted by molar-refractivity contribution is 6.31. The smallest absolute Gasteiger partial charge is 0.319 e. The summed E-state index contributed by atoms with van der Waals surface area (Å²) in [5.41, 5.74) is 1.06. The summed E-state index contributed by atoms with van der Waals surface area (Å²) in [5.74, 6) is -0.875. The molecule has 2 aromatic heterocycles. The molecule has 3 fully saturated rings. The highest BCUT2D eigenvalue weighted by Gasteiger charge is 2.34. The van der Waals surface area contributed by atoms with Gasteiger partial charge < -0.3 is 24.8 Å². The van der Waals surface area contributed by atoms with Crippen molar-refractivity contribution >= 4 is 39.2 Å². The van der Waals surface area contributed by atoms with Crippen LogP contribution in [-0.4, -0.2) is 71.3 Å². The molecule has 0 amide bonds. The zero-order chi connectivity index (χ0) is 26.0. The van der Waals surface area contributed by atoms with Gasteiger partial charge in [0.25, 0.3) is 0 Å². The van der Waals surface area contributed by atoms with E-state index in [1.807, 2.05) is 0 Å². The second-order valence-corrected chi connectivity index (χ2v) is 11.2. The normalized spacial score (nSPS) is 23.7. The second kappa shape index (κ2) is 9.32. The van der Waals surface area contributed by atoms with Crippen molar-refractivity contribution in [1.29, 1.82) is 0 Å². The Morgan fingerprint density at radius 2 is 1.89 bits per heavy atom. The van der Waals surface area contributed by atoms with Crippen LogP contribution >= 0.6 is 11.6 Å². The van der Waals surface area contributed by atoms with Gasteiger partial charge in [0.2, 0.25) is 0 Å². The summed E-state index contributed by atoms with van der Waals surface area (Å²) in [6.45, 7) is 2.89.